The van der Waals surface area contributed by atoms with Crippen molar-refractivity contribution < 1.29 is 57.0 Å². The highest BCUT2D eigenvalue weighted by Crippen LogP contribution is 2.41. The normalized spacial score (nSPS) is 15.3. The van der Waals surface area contributed by atoms with Crippen molar-refractivity contribution in [3.8, 4) is 67.8 Å². The number of methoxy groups -OCH3 is 4. The van der Waals surface area contributed by atoms with Gasteiger partial charge in [-0.2, -0.15) is 0 Å². The molecular weight excluding hydrogens is 1280 g/mol. The van der Waals surface area contributed by atoms with Crippen LogP contribution in [0.25, 0.3) is 77.6 Å². The van der Waals surface area contributed by atoms with Crippen molar-refractivity contribution in [3.63, 3.8) is 0 Å². The van der Waals surface area contributed by atoms with Gasteiger partial charge in [0, 0.05) is 134 Å². The summed E-state index contributed by atoms with van der Waals surface area (Å²) in [5.41, 5.74) is 7.95. The molecule has 8 heterocycles. The maximum absolute atomic E-state index is 14.2. The Morgan fingerprint density at radius 2 is 0.650 bits per heavy atom. The van der Waals surface area contributed by atoms with Gasteiger partial charge in [-0.15, -0.1) is 0 Å². The standard InChI is InChI=1S/C74H74N14O12/c1-95-49-17-9-45(10-18-49)57-63-67(81-99-79-63)61(47-13-21-51(97-3)22-14-47)77-65(57)69(89)75-29-5-31-83-37-41-85(42-38-83)33-7-35-87-71(91)53-25-27-55-60-56(28-26-54(59(53)60)72(87)92)74(94)88(73(55)93)36-8-34-86-43-39-84(40-44-86)32-6-30-76-70(90)66-58(46-11-19-50(96-2)20-12-46)64-68(82-100-80-64)62(78-66)48-15-23-52(98-4)24-16-48/h9-28H,5-8,29-44H2,1-4H3,(H,75,89)(H,76,90). The van der Waals surface area contributed by atoms with Crippen LogP contribution in [-0.2, 0) is 0 Å². The molecule has 2 fully saturated rings. The number of aromatic nitrogens is 6. The topological polar surface area (TPSA) is 286 Å². The third-order valence-electron chi connectivity index (χ3n) is 19.3. The Hall–Kier alpha value is -11.1. The summed E-state index contributed by atoms with van der Waals surface area (Å²) < 4.78 is 32.0. The van der Waals surface area contributed by atoms with E-state index in [4.69, 9.17) is 38.2 Å². The molecule has 0 aliphatic carbocycles. The summed E-state index contributed by atoms with van der Waals surface area (Å²) in [5, 5.41) is 23.8. The predicted octanol–water partition coefficient (Wildman–Crippen LogP) is 8.25. The molecule has 0 radical (unpaired) electrons. The Kier molecular flexibility index (Phi) is 19.3. The van der Waals surface area contributed by atoms with E-state index in [0.717, 1.165) is 65.4 Å². The van der Waals surface area contributed by atoms with Crippen molar-refractivity contribution in [2.45, 2.75) is 25.7 Å². The van der Waals surface area contributed by atoms with Crippen LogP contribution in [0.2, 0.25) is 0 Å². The average Bonchev–Trinajstić information content (AvgIpc) is 0.938. The molecule has 2 N–H and O–H groups in total. The van der Waals surface area contributed by atoms with E-state index in [-0.39, 0.29) is 36.3 Å². The summed E-state index contributed by atoms with van der Waals surface area (Å²) in [5.74, 6) is 0.175. The molecule has 512 valence electrons. The number of hydrogen-bond donors (Lipinski definition) is 2. The maximum Gasteiger partial charge on any atom is 0.270 e. The number of nitrogens with one attached hydrogen (secondary N) is 2. The maximum atomic E-state index is 14.2. The molecule has 4 aliphatic heterocycles. The van der Waals surface area contributed by atoms with E-state index < -0.39 is 23.6 Å². The van der Waals surface area contributed by atoms with Gasteiger partial charge < -0.3 is 49.2 Å². The number of imide groups is 2. The molecule has 4 aromatic heterocycles. The van der Waals surface area contributed by atoms with Crippen molar-refractivity contribution in [3.05, 3.63) is 155 Å². The zero-order valence-electron chi connectivity index (χ0n) is 56.0. The van der Waals surface area contributed by atoms with Crippen LogP contribution in [0.5, 0.6) is 23.0 Å². The molecule has 0 atom stereocenters. The van der Waals surface area contributed by atoms with Crippen LogP contribution in [0.4, 0.5) is 0 Å². The van der Waals surface area contributed by atoms with Crippen molar-refractivity contribution in [1.29, 1.82) is 0 Å². The Labute approximate surface area is 575 Å². The van der Waals surface area contributed by atoms with E-state index in [1.54, 1.807) is 52.7 Å². The molecule has 0 bridgehead atoms. The molecule has 0 spiro atoms. The van der Waals surface area contributed by atoms with E-state index in [1.807, 2.05) is 97.1 Å². The summed E-state index contributed by atoms with van der Waals surface area (Å²) in [4.78, 5) is 107. The molecule has 100 heavy (non-hydrogen) atoms. The van der Waals surface area contributed by atoms with E-state index in [0.29, 0.717) is 175 Å². The zero-order valence-corrected chi connectivity index (χ0v) is 56.0. The molecule has 26 heteroatoms. The van der Waals surface area contributed by atoms with Crippen molar-refractivity contribution in [2.24, 2.45) is 0 Å². The molecule has 10 aromatic rings. The van der Waals surface area contributed by atoms with Gasteiger partial charge in [0.05, 0.1) is 28.4 Å². The minimum Gasteiger partial charge on any atom is -0.497 e. The number of benzene rings is 6. The first-order valence-corrected chi connectivity index (χ1v) is 33.6. The monoisotopic (exact) mass is 1350 g/mol. The van der Waals surface area contributed by atoms with Gasteiger partial charge in [-0.25, -0.2) is 19.2 Å². The molecule has 4 aliphatic rings. The van der Waals surface area contributed by atoms with Gasteiger partial charge in [-0.05, 0) is 181 Å². The predicted molar refractivity (Wildman–Crippen MR) is 371 cm³/mol. The first kappa shape index (κ1) is 66.2. The van der Waals surface area contributed by atoms with Gasteiger partial charge in [-0.3, -0.25) is 38.6 Å². The number of amides is 6. The minimum absolute atomic E-state index is 0.188. The average molecular weight is 1350 g/mol. The fourth-order valence-corrected chi connectivity index (χ4v) is 13.9. The number of piperazine rings is 2. The van der Waals surface area contributed by atoms with Crippen LogP contribution in [0, 0.1) is 0 Å². The van der Waals surface area contributed by atoms with Crippen LogP contribution in [0.3, 0.4) is 0 Å². The molecule has 6 amide bonds. The molecule has 6 aromatic carbocycles. The first-order valence-electron chi connectivity index (χ1n) is 33.6. The minimum atomic E-state index is -0.443. The largest absolute Gasteiger partial charge is 0.497 e. The number of rotatable bonds is 26. The van der Waals surface area contributed by atoms with E-state index in [1.165, 1.54) is 9.80 Å². The summed E-state index contributed by atoms with van der Waals surface area (Å²) in [6.07, 6.45) is 2.52. The second kappa shape index (κ2) is 29.2. The number of carbonyl (C=O) groups excluding carboxylic acids is 6. The molecule has 14 rings (SSSR count). The Bertz CT molecular complexity index is 4370. The number of carbonyl (C=O) groups is 6. The number of nitrogens with zero attached hydrogens (tertiary/aromatic N) is 12. The number of pyridine rings is 2. The van der Waals surface area contributed by atoms with E-state index in [9.17, 15) is 28.8 Å². The smallest absolute Gasteiger partial charge is 0.270 e. The summed E-state index contributed by atoms with van der Waals surface area (Å²) in [6.45, 7) is 10.6. The molecular formula is C74H74N14O12. The second-order valence-electron chi connectivity index (χ2n) is 25.1. The third-order valence-corrected chi connectivity index (χ3v) is 19.3. The van der Waals surface area contributed by atoms with Gasteiger partial charge in [-0.1, -0.05) is 24.3 Å². The van der Waals surface area contributed by atoms with Crippen molar-refractivity contribution in [2.75, 3.05) is 133 Å². The van der Waals surface area contributed by atoms with E-state index in [2.05, 4.69) is 50.9 Å². The SMILES string of the molecule is COc1ccc(-c2nc(C(=O)NCCCN3CCN(CCCN4C(=O)c5ccc6c7c(ccc(c57)C4=O)C(=O)N(CCCN4CCN(CCCNC(=O)c5nc(-c7ccc(OC)cc7)c7nonc7c5-c5ccc(OC)cc5)CC4)C6=O)CC3)c(-c3ccc(OC)cc3)c3nonc23)cc1. The summed E-state index contributed by atoms with van der Waals surface area (Å²) in [6, 6.07) is 35.7. The quantitative estimate of drug-likeness (QED) is 0.0381. The summed E-state index contributed by atoms with van der Waals surface area (Å²) in [7, 11) is 6.37. The second-order valence-corrected chi connectivity index (χ2v) is 25.1. The lowest BCUT2D eigenvalue weighted by atomic mass is 9.86. The van der Waals surface area contributed by atoms with Gasteiger partial charge in [0.2, 0.25) is 0 Å². The van der Waals surface area contributed by atoms with E-state index >= 15 is 0 Å². The van der Waals surface area contributed by atoms with Crippen LogP contribution in [0.15, 0.2) is 131 Å². The molecule has 0 saturated carbocycles. The Morgan fingerprint density at radius 1 is 0.370 bits per heavy atom. The Balaban J connectivity index is 0.523. The van der Waals surface area contributed by atoms with Gasteiger partial charge in [0.15, 0.2) is 11.0 Å². The van der Waals surface area contributed by atoms with Crippen molar-refractivity contribution in [1.82, 2.24) is 70.6 Å². The lowest BCUT2D eigenvalue weighted by Crippen LogP contribution is -2.48. The van der Waals surface area contributed by atoms with Gasteiger partial charge in [0.1, 0.15) is 56.8 Å². The van der Waals surface area contributed by atoms with Crippen molar-refractivity contribution >= 4 is 68.3 Å². The van der Waals surface area contributed by atoms with Gasteiger partial charge in [0.25, 0.3) is 35.4 Å². The summed E-state index contributed by atoms with van der Waals surface area (Å²) >= 11 is 0. The first-order chi connectivity index (χ1) is 48.9. The fourth-order valence-electron chi connectivity index (χ4n) is 13.9. The van der Waals surface area contributed by atoms with Crippen LogP contribution in [-0.4, -0.2) is 229 Å². The highest BCUT2D eigenvalue weighted by molar-refractivity contribution is 6.33. The molecule has 2 saturated heterocycles. The fraction of sp³-hybridized carbons (Fsp3) is 0.324. The van der Waals surface area contributed by atoms with Crippen LogP contribution < -0.4 is 29.6 Å². The lowest BCUT2D eigenvalue weighted by Gasteiger charge is -2.36. The number of ether oxygens (including phenoxy) is 4. The lowest BCUT2D eigenvalue weighted by molar-refractivity contribution is 0.0576. The zero-order chi connectivity index (χ0) is 69.0. The number of fused-ring (bicyclic) bond motifs is 2. The van der Waals surface area contributed by atoms with Gasteiger partial charge >= 0.3 is 0 Å². The molecule has 0 unspecified atom stereocenters. The number of hydrogen-bond acceptors (Lipinski definition) is 22. The highest BCUT2D eigenvalue weighted by atomic mass is 16.6. The molecule has 26 nitrogen and oxygen atoms in total. The highest BCUT2D eigenvalue weighted by Gasteiger charge is 2.40. The van der Waals surface area contributed by atoms with Crippen LogP contribution >= 0.6 is 0 Å². The third kappa shape index (κ3) is 13.2. The Morgan fingerprint density at radius 3 is 0.950 bits per heavy atom. The van der Waals surface area contributed by atoms with Crippen LogP contribution in [0.1, 0.15) is 88.1 Å².